The molecule has 24 heavy (non-hydrogen) atoms. The maximum absolute atomic E-state index is 6.03. The van der Waals surface area contributed by atoms with E-state index < -0.39 is 0 Å². The summed E-state index contributed by atoms with van der Waals surface area (Å²) in [5.41, 5.74) is 4.03. The largest absolute Gasteiger partial charge is 0.365 e. The fraction of sp³-hybridized carbons (Fsp3) is 0.211. The number of halogens is 1. The Morgan fingerprint density at radius 2 is 1.75 bits per heavy atom. The fourth-order valence-electron chi connectivity index (χ4n) is 2.91. The van der Waals surface area contributed by atoms with E-state index in [1.165, 1.54) is 0 Å². The van der Waals surface area contributed by atoms with Gasteiger partial charge in [-0.3, -0.25) is 4.40 Å². The van der Waals surface area contributed by atoms with Crippen molar-refractivity contribution >= 4 is 34.2 Å². The molecule has 0 fully saturated rings. The van der Waals surface area contributed by atoms with E-state index in [0.717, 1.165) is 38.9 Å². The fourth-order valence-corrected chi connectivity index (χ4v) is 3.04. The molecule has 0 bridgehead atoms. The first-order chi connectivity index (χ1) is 11.4. The summed E-state index contributed by atoms with van der Waals surface area (Å²) in [7, 11) is 0. The van der Waals surface area contributed by atoms with Crippen molar-refractivity contribution in [3.8, 4) is 11.3 Å². The van der Waals surface area contributed by atoms with Crippen molar-refractivity contribution in [3.63, 3.8) is 0 Å². The van der Waals surface area contributed by atoms with Gasteiger partial charge in [-0.15, -0.1) is 0 Å². The second-order valence-corrected chi connectivity index (χ2v) is 7.43. The summed E-state index contributed by atoms with van der Waals surface area (Å²) >= 11 is 6.03. The summed E-state index contributed by atoms with van der Waals surface area (Å²) in [6.45, 7) is 6.44. The molecule has 0 radical (unpaired) electrons. The van der Waals surface area contributed by atoms with E-state index in [4.69, 9.17) is 16.6 Å². The minimum Gasteiger partial charge on any atom is -0.365 e. The summed E-state index contributed by atoms with van der Waals surface area (Å²) in [5, 5.41) is 4.33. The molecule has 0 aliphatic heterocycles. The number of benzene rings is 2. The van der Waals surface area contributed by atoms with E-state index in [1.807, 2.05) is 36.4 Å². The predicted octanol–water partition coefficient (Wildman–Crippen LogP) is 5.35. The number of hydrogen-bond donors (Lipinski definition) is 2. The lowest BCUT2D eigenvalue weighted by molar-refractivity contribution is 0.630. The highest BCUT2D eigenvalue weighted by Gasteiger charge is 2.21. The van der Waals surface area contributed by atoms with Crippen molar-refractivity contribution in [1.82, 2.24) is 14.4 Å². The summed E-state index contributed by atoms with van der Waals surface area (Å²) < 4.78 is 2.14. The third-order valence-electron chi connectivity index (χ3n) is 3.88. The van der Waals surface area contributed by atoms with Gasteiger partial charge in [-0.1, -0.05) is 35.9 Å². The van der Waals surface area contributed by atoms with Crippen LogP contribution >= 0.6 is 11.6 Å². The molecule has 2 aromatic heterocycles. The van der Waals surface area contributed by atoms with Gasteiger partial charge in [-0.05, 0) is 45.0 Å². The van der Waals surface area contributed by atoms with Gasteiger partial charge in [0.25, 0.3) is 0 Å². The van der Waals surface area contributed by atoms with Gasteiger partial charge in [-0.25, -0.2) is 4.98 Å². The molecule has 0 amide bonds. The molecular formula is C19H19ClN4. The van der Waals surface area contributed by atoms with Crippen LogP contribution in [-0.4, -0.2) is 19.9 Å². The van der Waals surface area contributed by atoms with E-state index in [2.05, 4.69) is 47.6 Å². The number of aromatic nitrogens is 3. The number of fused-ring (bicyclic) bond motifs is 3. The summed E-state index contributed by atoms with van der Waals surface area (Å²) in [5.74, 6) is 1.81. The highest BCUT2D eigenvalue weighted by atomic mass is 35.5. The van der Waals surface area contributed by atoms with Crippen LogP contribution in [0.3, 0.4) is 0 Å². The number of H-pyrrole nitrogens is 1. The second-order valence-electron chi connectivity index (χ2n) is 6.99. The Balaban J connectivity index is 2.02. The van der Waals surface area contributed by atoms with Crippen LogP contribution in [-0.2, 0) is 0 Å². The summed E-state index contributed by atoms with van der Waals surface area (Å²) in [6, 6.07) is 16.0. The number of para-hydroxylation sites is 2. The molecule has 0 saturated heterocycles. The van der Waals surface area contributed by atoms with Gasteiger partial charge >= 0.3 is 0 Å². The van der Waals surface area contributed by atoms with E-state index in [0.29, 0.717) is 0 Å². The first kappa shape index (κ1) is 15.1. The average molecular weight is 339 g/mol. The third-order valence-corrected chi connectivity index (χ3v) is 4.13. The van der Waals surface area contributed by atoms with Crippen LogP contribution in [0.5, 0.6) is 0 Å². The number of hydrogen-bond acceptors (Lipinski definition) is 2. The average Bonchev–Trinajstić information content (AvgIpc) is 3.04. The normalized spacial score (nSPS) is 12.2. The molecule has 2 N–H and O–H groups in total. The Hall–Kier alpha value is -2.46. The number of rotatable bonds is 2. The topological polar surface area (TPSA) is 45.1 Å². The molecule has 122 valence electrons. The molecule has 2 aromatic carbocycles. The van der Waals surface area contributed by atoms with E-state index in [-0.39, 0.29) is 5.54 Å². The van der Waals surface area contributed by atoms with Gasteiger partial charge in [0.15, 0.2) is 0 Å². The number of anilines is 1. The molecule has 2 heterocycles. The van der Waals surface area contributed by atoms with Crippen molar-refractivity contribution in [3.05, 3.63) is 53.6 Å². The Bertz CT molecular complexity index is 1020. The molecular weight excluding hydrogens is 320 g/mol. The number of imidazole rings is 2. The first-order valence-electron chi connectivity index (χ1n) is 7.96. The SMILES string of the molecule is CC(C)(C)Nc1c(-c2ccc(Cl)cc2)nc2[nH]c3ccccc3n12. The van der Waals surface area contributed by atoms with Gasteiger partial charge < -0.3 is 10.3 Å². The van der Waals surface area contributed by atoms with Gasteiger partial charge in [0.05, 0.1) is 11.0 Å². The highest BCUT2D eigenvalue weighted by Crippen LogP contribution is 2.33. The maximum atomic E-state index is 6.03. The lowest BCUT2D eigenvalue weighted by Gasteiger charge is -2.22. The van der Waals surface area contributed by atoms with Crippen molar-refractivity contribution in [2.24, 2.45) is 0 Å². The monoisotopic (exact) mass is 338 g/mol. The van der Waals surface area contributed by atoms with Crippen LogP contribution in [0, 0.1) is 0 Å². The van der Waals surface area contributed by atoms with Crippen molar-refractivity contribution in [2.75, 3.05) is 5.32 Å². The lowest BCUT2D eigenvalue weighted by Crippen LogP contribution is -2.27. The Kier molecular flexibility index (Phi) is 3.32. The van der Waals surface area contributed by atoms with Crippen LogP contribution in [0.25, 0.3) is 28.1 Å². The molecule has 0 saturated carbocycles. The van der Waals surface area contributed by atoms with Crippen molar-refractivity contribution in [1.29, 1.82) is 0 Å². The zero-order valence-corrected chi connectivity index (χ0v) is 14.6. The van der Waals surface area contributed by atoms with Gasteiger partial charge in [-0.2, -0.15) is 0 Å². The van der Waals surface area contributed by atoms with E-state index in [1.54, 1.807) is 0 Å². The molecule has 0 aliphatic carbocycles. The number of aromatic amines is 1. The highest BCUT2D eigenvalue weighted by molar-refractivity contribution is 6.30. The molecule has 0 spiro atoms. The lowest BCUT2D eigenvalue weighted by atomic mass is 10.1. The molecule has 4 nitrogen and oxygen atoms in total. The smallest absolute Gasteiger partial charge is 0.214 e. The summed E-state index contributed by atoms with van der Waals surface area (Å²) in [4.78, 5) is 8.23. The predicted molar refractivity (Wildman–Crippen MR) is 101 cm³/mol. The minimum absolute atomic E-state index is 0.0878. The minimum atomic E-state index is -0.0878. The Labute approximate surface area is 145 Å². The molecule has 0 aliphatic rings. The maximum Gasteiger partial charge on any atom is 0.214 e. The Morgan fingerprint density at radius 3 is 2.46 bits per heavy atom. The Morgan fingerprint density at radius 1 is 1.04 bits per heavy atom. The summed E-state index contributed by atoms with van der Waals surface area (Å²) in [6.07, 6.45) is 0. The molecule has 5 heteroatoms. The molecule has 0 atom stereocenters. The number of nitrogens with one attached hydrogen (secondary N) is 2. The van der Waals surface area contributed by atoms with Crippen LogP contribution < -0.4 is 5.32 Å². The molecule has 4 aromatic rings. The van der Waals surface area contributed by atoms with Gasteiger partial charge in [0.2, 0.25) is 5.78 Å². The van der Waals surface area contributed by atoms with E-state index >= 15 is 0 Å². The van der Waals surface area contributed by atoms with Crippen LogP contribution in [0.1, 0.15) is 20.8 Å². The quantitative estimate of drug-likeness (QED) is 0.517. The van der Waals surface area contributed by atoms with Crippen LogP contribution in [0.2, 0.25) is 5.02 Å². The second kappa shape index (κ2) is 5.28. The first-order valence-corrected chi connectivity index (χ1v) is 8.33. The standard InChI is InChI=1S/C19H19ClN4/c1-19(2,3)23-17-16(12-8-10-13(20)11-9-12)22-18-21-14-6-4-5-7-15(14)24(17)18/h4-11,23H,1-3H3,(H,21,22). The van der Waals surface area contributed by atoms with Gasteiger partial charge in [0.1, 0.15) is 11.5 Å². The molecule has 0 unspecified atom stereocenters. The van der Waals surface area contributed by atoms with Gasteiger partial charge in [0, 0.05) is 16.1 Å². The zero-order chi connectivity index (χ0) is 16.9. The van der Waals surface area contributed by atoms with Crippen LogP contribution in [0.4, 0.5) is 5.82 Å². The van der Waals surface area contributed by atoms with Crippen molar-refractivity contribution in [2.45, 2.75) is 26.3 Å². The molecule has 4 rings (SSSR count). The van der Waals surface area contributed by atoms with E-state index in [9.17, 15) is 0 Å². The third kappa shape index (κ3) is 2.53. The number of nitrogens with zero attached hydrogens (tertiary/aromatic N) is 2. The van der Waals surface area contributed by atoms with Crippen molar-refractivity contribution < 1.29 is 0 Å². The van der Waals surface area contributed by atoms with Crippen LogP contribution in [0.15, 0.2) is 48.5 Å². The zero-order valence-electron chi connectivity index (χ0n) is 13.9.